The maximum atomic E-state index is 9.76. The third-order valence-electron chi connectivity index (χ3n) is 0.744. The number of hydrogen-bond acceptors (Lipinski definition) is 3. The molecule has 0 rings (SSSR count). The number of nitrogens with two attached hydrogens (primary N) is 1. The Morgan fingerprint density at radius 3 is 1.92 bits per heavy atom. The Hall–Kier alpha value is -0.620. The lowest BCUT2D eigenvalue weighted by Crippen LogP contribution is -2.07. The Morgan fingerprint density at radius 2 is 1.83 bits per heavy atom. The van der Waals surface area contributed by atoms with Crippen LogP contribution in [0.3, 0.4) is 0 Å². The highest BCUT2D eigenvalue weighted by molar-refractivity contribution is 7.88. The van der Waals surface area contributed by atoms with Crippen LogP contribution in [0.2, 0.25) is 0 Å². The van der Waals surface area contributed by atoms with Crippen molar-refractivity contribution >= 4 is 16.0 Å². The van der Waals surface area contributed by atoms with E-state index in [1.165, 1.54) is 0 Å². The van der Waals surface area contributed by atoms with Gasteiger partial charge < -0.3 is 5.11 Å². The average Bonchev–Trinajstić information content (AvgIpc) is 1.79. The minimum Gasteiger partial charge on any atom is -0.481 e. The molecule has 0 atom stereocenters. The minimum atomic E-state index is -3.17. The molecule has 0 radical (unpaired) electrons. The van der Waals surface area contributed by atoms with E-state index in [9.17, 15) is 13.2 Å². The number of sulfonamides is 1. The topological polar surface area (TPSA) is 97.5 Å². The third-order valence-corrected chi connectivity index (χ3v) is 0.744. The van der Waals surface area contributed by atoms with Crippen LogP contribution >= 0.6 is 0 Å². The predicted octanol–water partition coefficient (Wildman–Crippen LogP) is 0.166. The van der Waals surface area contributed by atoms with E-state index >= 15 is 0 Å². The SMILES string of the molecule is CCCCC(=O)O.CS(N)(=O)=O. The lowest BCUT2D eigenvalue weighted by atomic mass is 10.3. The molecule has 0 aliphatic rings. The molecule has 0 aliphatic carbocycles. The molecule has 0 unspecified atom stereocenters. The van der Waals surface area contributed by atoms with Gasteiger partial charge in [-0.3, -0.25) is 4.79 Å². The molecule has 0 saturated carbocycles. The van der Waals surface area contributed by atoms with Crippen LogP contribution in [-0.4, -0.2) is 25.7 Å². The fourth-order valence-electron chi connectivity index (χ4n) is 0.328. The van der Waals surface area contributed by atoms with Crippen molar-refractivity contribution in [3.8, 4) is 0 Å². The van der Waals surface area contributed by atoms with Gasteiger partial charge in [-0.05, 0) is 6.42 Å². The maximum absolute atomic E-state index is 9.76. The van der Waals surface area contributed by atoms with Gasteiger partial charge in [0, 0.05) is 6.42 Å². The first-order valence-electron chi connectivity index (χ1n) is 3.47. The molecule has 0 aromatic heterocycles. The highest BCUT2D eigenvalue weighted by Crippen LogP contribution is 1.91. The summed E-state index contributed by atoms with van der Waals surface area (Å²) in [4.78, 5) is 9.76. The standard InChI is InChI=1S/C5H10O2.CH5NO2S/c1-2-3-4-5(6)7;1-5(2,3)4/h2-4H2,1H3,(H,6,7);1H3,(H2,2,3,4). The number of carboxylic acid groups (broad SMARTS) is 1. The summed E-state index contributed by atoms with van der Waals surface area (Å²) in [5.41, 5.74) is 0. The Balaban J connectivity index is 0. The van der Waals surface area contributed by atoms with Crippen molar-refractivity contribution < 1.29 is 18.3 Å². The summed E-state index contributed by atoms with van der Waals surface area (Å²) in [5, 5.41) is 12.4. The van der Waals surface area contributed by atoms with E-state index in [2.05, 4.69) is 5.14 Å². The van der Waals surface area contributed by atoms with Crippen LogP contribution in [0.25, 0.3) is 0 Å². The second-order valence-electron chi connectivity index (χ2n) is 2.33. The number of unbranched alkanes of at least 4 members (excludes halogenated alkanes) is 1. The molecule has 0 aromatic rings. The van der Waals surface area contributed by atoms with Gasteiger partial charge in [0.05, 0.1) is 6.26 Å². The summed E-state index contributed by atoms with van der Waals surface area (Å²) in [6, 6.07) is 0. The number of hydrogen-bond donors (Lipinski definition) is 2. The van der Waals surface area contributed by atoms with Crippen molar-refractivity contribution in [3.63, 3.8) is 0 Å². The van der Waals surface area contributed by atoms with E-state index in [0.29, 0.717) is 6.42 Å². The molecule has 0 aliphatic heterocycles. The number of primary sulfonamides is 1. The Labute approximate surface area is 72.6 Å². The van der Waals surface area contributed by atoms with Gasteiger partial charge in [-0.15, -0.1) is 0 Å². The van der Waals surface area contributed by atoms with E-state index in [1.807, 2.05) is 6.92 Å². The molecule has 0 bridgehead atoms. The molecule has 6 heteroatoms. The zero-order chi connectivity index (χ0) is 10.2. The van der Waals surface area contributed by atoms with Gasteiger partial charge in [0.15, 0.2) is 0 Å². The van der Waals surface area contributed by atoms with E-state index in [-0.39, 0.29) is 0 Å². The van der Waals surface area contributed by atoms with Gasteiger partial charge in [0.1, 0.15) is 0 Å². The molecule has 0 aromatic carbocycles. The van der Waals surface area contributed by atoms with Crippen molar-refractivity contribution in [1.82, 2.24) is 0 Å². The van der Waals surface area contributed by atoms with Crippen LogP contribution in [0.1, 0.15) is 26.2 Å². The predicted molar refractivity (Wildman–Crippen MR) is 46.2 cm³/mol. The fraction of sp³-hybridized carbons (Fsp3) is 0.833. The van der Waals surface area contributed by atoms with Gasteiger partial charge >= 0.3 is 5.97 Å². The Kier molecular flexibility index (Phi) is 8.19. The average molecular weight is 197 g/mol. The summed E-state index contributed by atoms with van der Waals surface area (Å²) in [7, 11) is -3.17. The van der Waals surface area contributed by atoms with Gasteiger partial charge in [-0.1, -0.05) is 13.3 Å². The van der Waals surface area contributed by atoms with E-state index in [1.54, 1.807) is 0 Å². The number of rotatable bonds is 3. The zero-order valence-corrected chi connectivity index (χ0v) is 8.10. The Bertz CT molecular complexity index is 202. The number of carbonyl (C=O) groups is 1. The molecule has 5 nitrogen and oxygen atoms in total. The van der Waals surface area contributed by atoms with Crippen molar-refractivity contribution in [2.24, 2.45) is 5.14 Å². The molecule has 0 saturated heterocycles. The van der Waals surface area contributed by atoms with Crippen molar-refractivity contribution in [2.45, 2.75) is 26.2 Å². The summed E-state index contributed by atoms with van der Waals surface area (Å²) in [6.45, 7) is 1.98. The smallest absolute Gasteiger partial charge is 0.303 e. The van der Waals surface area contributed by atoms with Crippen LogP contribution in [0.4, 0.5) is 0 Å². The van der Waals surface area contributed by atoms with Gasteiger partial charge in [-0.2, -0.15) is 0 Å². The van der Waals surface area contributed by atoms with Crippen molar-refractivity contribution in [1.29, 1.82) is 0 Å². The van der Waals surface area contributed by atoms with Crippen LogP contribution in [0.15, 0.2) is 0 Å². The summed E-state index contributed by atoms with van der Waals surface area (Å²) in [5.74, 6) is -0.693. The van der Waals surface area contributed by atoms with Crippen LogP contribution < -0.4 is 5.14 Å². The third kappa shape index (κ3) is 57.7. The molecule has 0 heterocycles. The largest absolute Gasteiger partial charge is 0.481 e. The van der Waals surface area contributed by atoms with Crippen LogP contribution in [0, 0.1) is 0 Å². The second-order valence-corrected chi connectivity index (χ2v) is 3.99. The first kappa shape index (κ1) is 13.9. The normalized spacial score (nSPS) is 9.92. The highest BCUT2D eigenvalue weighted by atomic mass is 32.2. The lowest BCUT2D eigenvalue weighted by molar-refractivity contribution is -0.137. The van der Waals surface area contributed by atoms with E-state index in [0.717, 1.165) is 19.1 Å². The first-order valence-corrected chi connectivity index (χ1v) is 5.42. The number of aliphatic carboxylic acids is 1. The quantitative estimate of drug-likeness (QED) is 0.673. The molecular weight excluding hydrogens is 182 g/mol. The molecule has 3 N–H and O–H groups in total. The van der Waals surface area contributed by atoms with Gasteiger partial charge in [0.2, 0.25) is 10.0 Å². The summed E-state index contributed by atoms with van der Waals surface area (Å²) < 4.78 is 18.8. The molecule has 74 valence electrons. The van der Waals surface area contributed by atoms with Crippen LogP contribution in [-0.2, 0) is 14.8 Å². The molecule has 0 fully saturated rings. The van der Waals surface area contributed by atoms with Gasteiger partial charge in [0.25, 0.3) is 0 Å². The first-order chi connectivity index (χ1) is 5.27. The van der Waals surface area contributed by atoms with E-state index in [4.69, 9.17) is 5.11 Å². The Morgan fingerprint density at radius 1 is 1.50 bits per heavy atom. The van der Waals surface area contributed by atoms with Gasteiger partial charge in [-0.25, -0.2) is 13.6 Å². The summed E-state index contributed by atoms with van der Waals surface area (Å²) in [6.07, 6.45) is 3.02. The van der Waals surface area contributed by atoms with E-state index < -0.39 is 16.0 Å². The maximum Gasteiger partial charge on any atom is 0.303 e. The van der Waals surface area contributed by atoms with Crippen molar-refractivity contribution in [2.75, 3.05) is 6.26 Å². The monoisotopic (exact) mass is 197 g/mol. The lowest BCUT2D eigenvalue weighted by Gasteiger charge is -1.85. The summed E-state index contributed by atoms with van der Waals surface area (Å²) >= 11 is 0. The minimum absolute atomic E-state index is 0.316. The number of carboxylic acids is 1. The second kappa shape index (κ2) is 7.05. The molecular formula is C6H15NO4S. The molecule has 0 spiro atoms. The van der Waals surface area contributed by atoms with Crippen LogP contribution in [0.5, 0.6) is 0 Å². The molecule has 12 heavy (non-hydrogen) atoms. The highest BCUT2D eigenvalue weighted by Gasteiger charge is 1.90. The molecule has 0 amide bonds. The zero-order valence-electron chi connectivity index (χ0n) is 7.28. The fourth-order valence-corrected chi connectivity index (χ4v) is 0.328. The van der Waals surface area contributed by atoms with Crippen molar-refractivity contribution in [3.05, 3.63) is 0 Å².